The summed E-state index contributed by atoms with van der Waals surface area (Å²) in [6, 6.07) is 10.8. The fraction of sp³-hybridized carbons (Fsp3) is 0.250. The minimum atomic E-state index is -0.626. The van der Waals surface area contributed by atoms with E-state index in [0.717, 1.165) is 22.9 Å². The maximum Gasteiger partial charge on any atom is 0.254 e. The average molecular weight is 349 g/mol. The molecule has 1 aromatic carbocycles. The Hall–Kier alpha value is -1.75. The standard InChI is InChI=1S/C16H14BrFN2O/c17-13-4-1-3-11(9-13)14-5-2-8-20(14)16(21)12-6-7-19-15(18)10-12/h1,3-4,6-7,9-10,14H,2,5,8H2. The number of nitrogens with zero attached hydrogens (tertiary/aromatic N) is 2. The Morgan fingerprint density at radius 3 is 2.95 bits per heavy atom. The first-order valence-corrected chi connectivity index (χ1v) is 7.62. The Morgan fingerprint density at radius 1 is 1.33 bits per heavy atom. The summed E-state index contributed by atoms with van der Waals surface area (Å²) in [5.74, 6) is -0.766. The summed E-state index contributed by atoms with van der Waals surface area (Å²) >= 11 is 3.46. The van der Waals surface area contributed by atoms with E-state index in [4.69, 9.17) is 0 Å². The highest BCUT2D eigenvalue weighted by Gasteiger charge is 2.30. The van der Waals surface area contributed by atoms with Crippen LogP contribution < -0.4 is 0 Å². The smallest absolute Gasteiger partial charge is 0.254 e. The van der Waals surface area contributed by atoms with Crippen molar-refractivity contribution in [1.82, 2.24) is 9.88 Å². The molecule has 1 atom stereocenters. The van der Waals surface area contributed by atoms with Crippen LogP contribution in [0.5, 0.6) is 0 Å². The highest BCUT2D eigenvalue weighted by Crippen LogP contribution is 2.34. The van der Waals surface area contributed by atoms with Crippen molar-refractivity contribution in [2.45, 2.75) is 18.9 Å². The van der Waals surface area contributed by atoms with Crippen LogP contribution in [0.4, 0.5) is 4.39 Å². The lowest BCUT2D eigenvalue weighted by Gasteiger charge is -2.25. The molecule has 1 aromatic heterocycles. The molecule has 3 rings (SSSR count). The van der Waals surface area contributed by atoms with Gasteiger partial charge in [0.2, 0.25) is 5.95 Å². The molecule has 0 bridgehead atoms. The molecule has 1 aliphatic heterocycles. The summed E-state index contributed by atoms with van der Waals surface area (Å²) in [6.07, 6.45) is 3.21. The van der Waals surface area contributed by atoms with Crippen molar-refractivity contribution in [3.63, 3.8) is 0 Å². The Kier molecular flexibility index (Phi) is 4.01. The highest BCUT2D eigenvalue weighted by molar-refractivity contribution is 9.10. The molecular weight excluding hydrogens is 335 g/mol. The summed E-state index contributed by atoms with van der Waals surface area (Å²) in [5.41, 5.74) is 1.45. The lowest BCUT2D eigenvalue weighted by atomic mass is 10.0. The molecule has 21 heavy (non-hydrogen) atoms. The molecule has 0 aliphatic carbocycles. The van der Waals surface area contributed by atoms with E-state index >= 15 is 0 Å². The van der Waals surface area contributed by atoms with Crippen LogP contribution in [0.3, 0.4) is 0 Å². The average Bonchev–Trinajstić information content (AvgIpc) is 2.96. The minimum absolute atomic E-state index is 0.0474. The number of amides is 1. The molecule has 0 saturated carbocycles. The monoisotopic (exact) mass is 348 g/mol. The molecule has 108 valence electrons. The fourth-order valence-corrected chi connectivity index (χ4v) is 3.19. The molecule has 1 unspecified atom stereocenters. The van der Waals surface area contributed by atoms with E-state index in [1.165, 1.54) is 12.3 Å². The molecule has 1 fully saturated rings. The van der Waals surface area contributed by atoms with Gasteiger partial charge in [0.15, 0.2) is 0 Å². The van der Waals surface area contributed by atoms with E-state index in [2.05, 4.69) is 20.9 Å². The summed E-state index contributed by atoms with van der Waals surface area (Å²) in [6.45, 7) is 0.694. The Balaban J connectivity index is 1.89. The van der Waals surface area contributed by atoms with Gasteiger partial charge in [-0.25, -0.2) is 4.98 Å². The summed E-state index contributed by atoms with van der Waals surface area (Å²) in [7, 11) is 0. The van der Waals surface area contributed by atoms with E-state index < -0.39 is 5.95 Å². The van der Waals surface area contributed by atoms with Crippen molar-refractivity contribution in [3.8, 4) is 0 Å². The van der Waals surface area contributed by atoms with Crippen LogP contribution in [0.25, 0.3) is 0 Å². The minimum Gasteiger partial charge on any atom is -0.332 e. The normalized spacial score (nSPS) is 18.0. The fourth-order valence-electron chi connectivity index (χ4n) is 2.77. The zero-order valence-electron chi connectivity index (χ0n) is 11.3. The predicted molar refractivity (Wildman–Crippen MR) is 81.3 cm³/mol. The number of rotatable bonds is 2. The summed E-state index contributed by atoms with van der Waals surface area (Å²) < 4.78 is 14.2. The third-order valence-corrected chi connectivity index (χ3v) is 4.21. The van der Waals surface area contributed by atoms with Crippen LogP contribution in [0.2, 0.25) is 0 Å². The zero-order chi connectivity index (χ0) is 14.8. The number of aromatic nitrogens is 1. The maximum absolute atomic E-state index is 13.2. The van der Waals surface area contributed by atoms with Crippen LogP contribution in [0.15, 0.2) is 47.1 Å². The van der Waals surface area contributed by atoms with Gasteiger partial charge in [-0.2, -0.15) is 4.39 Å². The van der Waals surface area contributed by atoms with Crippen LogP contribution >= 0.6 is 15.9 Å². The van der Waals surface area contributed by atoms with Gasteiger partial charge in [-0.3, -0.25) is 4.79 Å². The molecule has 2 heterocycles. The number of carbonyl (C=O) groups excluding carboxylic acids is 1. The molecule has 0 radical (unpaired) electrons. The number of carbonyl (C=O) groups is 1. The number of likely N-dealkylation sites (tertiary alicyclic amines) is 1. The first-order valence-electron chi connectivity index (χ1n) is 6.83. The van der Waals surface area contributed by atoms with E-state index in [0.29, 0.717) is 12.1 Å². The quantitative estimate of drug-likeness (QED) is 0.769. The molecule has 2 aromatic rings. The molecule has 1 aliphatic rings. The molecule has 3 nitrogen and oxygen atoms in total. The van der Waals surface area contributed by atoms with E-state index in [1.54, 1.807) is 6.07 Å². The van der Waals surface area contributed by atoms with Crippen LogP contribution in [-0.2, 0) is 0 Å². The summed E-state index contributed by atoms with van der Waals surface area (Å²) in [4.78, 5) is 17.9. The molecule has 0 N–H and O–H groups in total. The van der Waals surface area contributed by atoms with E-state index in [-0.39, 0.29) is 11.9 Å². The van der Waals surface area contributed by atoms with E-state index in [1.807, 2.05) is 29.2 Å². The zero-order valence-corrected chi connectivity index (χ0v) is 12.9. The van der Waals surface area contributed by atoms with Crippen molar-refractivity contribution >= 4 is 21.8 Å². The van der Waals surface area contributed by atoms with Gasteiger partial charge in [-0.1, -0.05) is 28.1 Å². The molecular formula is C16H14BrFN2O. The van der Waals surface area contributed by atoms with Crippen LogP contribution in [0.1, 0.15) is 34.8 Å². The number of hydrogen-bond donors (Lipinski definition) is 0. The van der Waals surface area contributed by atoms with Crippen molar-refractivity contribution in [2.24, 2.45) is 0 Å². The lowest BCUT2D eigenvalue weighted by Crippen LogP contribution is -2.30. The van der Waals surface area contributed by atoms with Crippen molar-refractivity contribution in [2.75, 3.05) is 6.54 Å². The third-order valence-electron chi connectivity index (χ3n) is 3.72. The molecule has 0 spiro atoms. The van der Waals surface area contributed by atoms with Gasteiger partial charge in [0.25, 0.3) is 5.91 Å². The van der Waals surface area contributed by atoms with Gasteiger partial charge in [-0.05, 0) is 36.6 Å². The molecule has 1 amide bonds. The lowest BCUT2D eigenvalue weighted by molar-refractivity contribution is 0.0735. The number of benzene rings is 1. The topological polar surface area (TPSA) is 33.2 Å². The second-order valence-corrected chi connectivity index (χ2v) is 5.99. The first kappa shape index (κ1) is 14.2. The number of pyridine rings is 1. The second-order valence-electron chi connectivity index (χ2n) is 5.08. The van der Waals surface area contributed by atoms with Crippen molar-refractivity contribution in [3.05, 3.63) is 64.1 Å². The predicted octanol–water partition coefficient (Wildman–Crippen LogP) is 3.96. The van der Waals surface area contributed by atoms with Gasteiger partial charge in [0, 0.05) is 28.8 Å². The molecule has 1 saturated heterocycles. The van der Waals surface area contributed by atoms with E-state index in [9.17, 15) is 9.18 Å². The maximum atomic E-state index is 13.2. The summed E-state index contributed by atoms with van der Waals surface area (Å²) in [5, 5.41) is 0. The second kappa shape index (κ2) is 5.93. The van der Waals surface area contributed by atoms with Crippen molar-refractivity contribution < 1.29 is 9.18 Å². The highest BCUT2D eigenvalue weighted by atomic mass is 79.9. The number of hydrogen-bond acceptors (Lipinski definition) is 2. The largest absolute Gasteiger partial charge is 0.332 e. The van der Waals surface area contributed by atoms with Gasteiger partial charge in [0.05, 0.1) is 6.04 Å². The van der Waals surface area contributed by atoms with Gasteiger partial charge >= 0.3 is 0 Å². The van der Waals surface area contributed by atoms with Crippen LogP contribution in [-0.4, -0.2) is 22.3 Å². The number of halogens is 2. The Labute approximate surface area is 130 Å². The first-order chi connectivity index (χ1) is 10.1. The van der Waals surface area contributed by atoms with Gasteiger partial charge in [0.1, 0.15) is 0 Å². The van der Waals surface area contributed by atoms with Crippen LogP contribution in [0, 0.1) is 5.95 Å². The third kappa shape index (κ3) is 2.97. The Morgan fingerprint density at radius 2 is 2.19 bits per heavy atom. The van der Waals surface area contributed by atoms with Crippen molar-refractivity contribution in [1.29, 1.82) is 0 Å². The van der Waals surface area contributed by atoms with Gasteiger partial charge < -0.3 is 4.90 Å². The Bertz CT molecular complexity index is 677. The molecule has 5 heteroatoms. The van der Waals surface area contributed by atoms with Gasteiger partial charge in [-0.15, -0.1) is 0 Å². The SMILES string of the molecule is O=C(c1ccnc(F)c1)N1CCCC1c1cccc(Br)c1.